The average molecular weight is 254 g/mol. The zero-order chi connectivity index (χ0) is 13.1. The first-order valence-electron chi connectivity index (χ1n) is 7.24. The lowest BCUT2D eigenvalue weighted by molar-refractivity contribution is -0.123. The minimum absolute atomic E-state index is 0.0564. The molecule has 2 aliphatic rings. The molecule has 4 unspecified atom stereocenters. The van der Waals surface area contributed by atoms with Crippen molar-refractivity contribution in [2.45, 2.75) is 64.1 Å². The van der Waals surface area contributed by atoms with Crippen LogP contribution in [0.1, 0.15) is 46.0 Å². The molecule has 4 atom stereocenters. The quantitative estimate of drug-likeness (QED) is 0.687. The molecule has 2 aliphatic heterocycles. The molecule has 0 radical (unpaired) electrons. The van der Waals surface area contributed by atoms with Crippen LogP contribution in [0.3, 0.4) is 0 Å². The van der Waals surface area contributed by atoms with Gasteiger partial charge in [0.05, 0.1) is 0 Å². The topological polar surface area (TPSA) is 61.4 Å². The fraction of sp³-hybridized carbons (Fsp3) is 0.929. The first-order valence-corrected chi connectivity index (χ1v) is 7.24. The van der Waals surface area contributed by atoms with Crippen LogP contribution < -0.4 is 10.6 Å². The lowest BCUT2D eigenvalue weighted by Gasteiger charge is -2.29. The highest BCUT2D eigenvalue weighted by molar-refractivity contribution is 5.76. The Balaban J connectivity index is 1.74. The van der Waals surface area contributed by atoms with E-state index in [1.807, 2.05) is 13.8 Å². The minimum Gasteiger partial charge on any atom is -0.396 e. The van der Waals surface area contributed by atoms with Crippen molar-refractivity contribution >= 4 is 5.91 Å². The summed E-state index contributed by atoms with van der Waals surface area (Å²) in [4.78, 5) is 12.0. The van der Waals surface area contributed by atoms with Crippen LogP contribution in [0, 0.1) is 11.8 Å². The van der Waals surface area contributed by atoms with Gasteiger partial charge in [0.15, 0.2) is 0 Å². The maximum absolute atomic E-state index is 12.0. The summed E-state index contributed by atoms with van der Waals surface area (Å²) in [6.07, 6.45) is 5.50. The molecule has 2 rings (SSSR count). The molecule has 3 N–H and O–H groups in total. The van der Waals surface area contributed by atoms with Crippen molar-refractivity contribution in [1.29, 1.82) is 0 Å². The number of rotatable bonds is 5. The van der Waals surface area contributed by atoms with Gasteiger partial charge in [-0.1, -0.05) is 6.92 Å². The molecular formula is C14H26N2O2. The monoisotopic (exact) mass is 254 g/mol. The van der Waals surface area contributed by atoms with Crippen molar-refractivity contribution in [3.8, 4) is 0 Å². The van der Waals surface area contributed by atoms with Gasteiger partial charge in [-0.25, -0.2) is 0 Å². The van der Waals surface area contributed by atoms with Crippen LogP contribution in [-0.2, 0) is 4.79 Å². The standard InChI is InChI=1S/C14H26N2O2/c1-9(8-17)10(2)15-14(18)7-11-5-12-3-4-13(6-11)16-12/h9-13,16-17H,3-8H2,1-2H3,(H,15,18). The smallest absolute Gasteiger partial charge is 0.220 e. The molecule has 0 aliphatic carbocycles. The number of nitrogens with one attached hydrogen (secondary N) is 2. The summed E-state index contributed by atoms with van der Waals surface area (Å²) in [6.45, 7) is 4.04. The van der Waals surface area contributed by atoms with Gasteiger partial charge in [-0.15, -0.1) is 0 Å². The van der Waals surface area contributed by atoms with Crippen LogP contribution in [0.5, 0.6) is 0 Å². The van der Waals surface area contributed by atoms with Crippen LogP contribution >= 0.6 is 0 Å². The third kappa shape index (κ3) is 3.45. The van der Waals surface area contributed by atoms with E-state index in [2.05, 4.69) is 10.6 Å². The van der Waals surface area contributed by atoms with Gasteiger partial charge in [-0.05, 0) is 44.4 Å². The minimum atomic E-state index is 0.0564. The van der Waals surface area contributed by atoms with Gasteiger partial charge in [0.2, 0.25) is 5.91 Å². The number of hydrogen-bond donors (Lipinski definition) is 3. The van der Waals surface area contributed by atoms with Gasteiger partial charge in [-0.3, -0.25) is 4.79 Å². The Morgan fingerprint density at radius 3 is 2.50 bits per heavy atom. The van der Waals surface area contributed by atoms with E-state index in [0.29, 0.717) is 24.4 Å². The van der Waals surface area contributed by atoms with Crippen molar-refractivity contribution in [3.05, 3.63) is 0 Å². The zero-order valence-corrected chi connectivity index (χ0v) is 11.5. The Labute approximate surface area is 110 Å². The van der Waals surface area contributed by atoms with E-state index >= 15 is 0 Å². The van der Waals surface area contributed by atoms with Gasteiger partial charge in [0.1, 0.15) is 0 Å². The summed E-state index contributed by atoms with van der Waals surface area (Å²) in [6, 6.07) is 1.35. The molecule has 0 saturated carbocycles. The van der Waals surface area contributed by atoms with E-state index in [9.17, 15) is 4.79 Å². The molecule has 2 fully saturated rings. The third-order valence-electron chi connectivity index (χ3n) is 4.57. The summed E-state index contributed by atoms with van der Waals surface area (Å²) in [5.74, 6) is 0.813. The summed E-state index contributed by atoms with van der Waals surface area (Å²) in [5, 5.41) is 15.7. The van der Waals surface area contributed by atoms with Gasteiger partial charge in [0, 0.05) is 31.2 Å². The van der Waals surface area contributed by atoms with E-state index in [0.717, 1.165) is 12.8 Å². The fourth-order valence-corrected chi connectivity index (χ4v) is 3.22. The van der Waals surface area contributed by atoms with Gasteiger partial charge < -0.3 is 15.7 Å². The normalized spacial score (nSPS) is 34.1. The van der Waals surface area contributed by atoms with Gasteiger partial charge in [0.25, 0.3) is 0 Å². The molecule has 1 amide bonds. The van der Waals surface area contributed by atoms with Gasteiger partial charge in [-0.2, -0.15) is 0 Å². The number of aliphatic hydroxyl groups is 1. The van der Waals surface area contributed by atoms with Crippen molar-refractivity contribution in [2.24, 2.45) is 11.8 Å². The summed E-state index contributed by atoms with van der Waals surface area (Å²) >= 11 is 0. The van der Waals surface area contributed by atoms with Gasteiger partial charge >= 0.3 is 0 Å². The molecular weight excluding hydrogens is 228 g/mol. The summed E-state index contributed by atoms with van der Waals surface area (Å²) in [7, 11) is 0. The molecule has 4 nitrogen and oxygen atoms in total. The van der Waals surface area contributed by atoms with E-state index in [1.54, 1.807) is 0 Å². The lowest BCUT2D eigenvalue weighted by Crippen LogP contribution is -2.42. The first-order chi connectivity index (χ1) is 8.58. The Hall–Kier alpha value is -0.610. The number of piperidine rings is 1. The highest BCUT2D eigenvalue weighted by atomic mass is 16.3. The molecule has 0 spiro atoms. The number of amides is 1. The molecule has 0 aromatic heterocycles. The van der Waals surface area contributed by atoms with Crippen molar-refractivity contribution in [2.75, 3.05) is 6.61 Å². The maximum atomic E-state index is 12.0. The molecule has 2 heterocycles. The van der Waals surface area contributed by atoms with E-state index in [1.165, 1.54) is 12.8 Å². The number of fused-ring (bicyclic) bond motifs is 2. The van der Waals surface area contributed by atoms with Crippen molar-refractivity contribution in [3.63, 3.8) is 0 Å². The van der Waals surface area contributed by atoms with Crippen LogP contribution in [0.15, 0.2) is 0 Å². The second kappa shape index (κ2) is 6.02. The molecule has 2 bridgehead atoms. The number of carbonyl (C=O) groups excluding carboxylic acids is 1. The first kappa shape index (κ1) is 13.8. The zero-order valence-electron chi connectivity index (χ0n) is 11.5. The highest BCUT2D eigenvalue weighted by Gasteiger charge is 2.34. The molecule has 0 aromatic carbocycles. The third-order valence-corrected chi connectivity index (χ3v) is 4.57. The summed E-state index contributed by atoms with van der Waals surface area (Å²) < 4.78 is 0. The molecule has 18 heavy (non-hydrogen) atoms. The van der Waals surface area contributed by atoms with Crippen LogP contribution in [0.2, 0.25) is 0 Å². The Kier molecular flexibility index (Phi) is 4.62. The molecule has 2 saturated heterocycles. The number of aliphatic hydroxyl groups excluding tert-OH is 1. The lowest BCUT2D eigenvalue weighted by atomic mass is 9.89. The van der Waals surface area contributed by atoms with Crippen LogP contribution in [0.4, 0.5) is 0 Å². The van der Waals surface area contributed by atoms with E-state index in [4.69, 9.17) is 5.11 Å². The van der Waals surface area contributed by atoms with Crippen LogP contribution in [0.25, 0.3) is 0 Å². The predicted molar refractivity (Wildman–Crippen MR) is 71.1 cm³/mol. The SMILES string of the molecule is CC(CO)C(C)NC(=O)CC1CC2CCC(C1)N2. The molecule has 0 aromatic rings. The molecule has 4 heteroatoms. The maximum Gasteiger partial charge on any atom is 0.220 e. The van der Waals surface area contributed by atoms with E-state index in [-0.39, 0.29) is 24.5 Å². The Bertz CT molecular complexity index is 284. The van der Waals surface area contributed by atoms with E-state index < -0.39 is 0 Å². The highest BCUT2D eigenvalue weighted by Crippen LogP contribution is 2.32. The second-order valence-electron chi connectivity index (χ2n) is 6.20. The summed E-state index contributed by atoms with van der Waals surface area (Å²) in [5.41, 5.74) is 0. The van der Waals surface area contributed by atoms with Crippen molar-refractivity contribution < 1.29 is 9.90 Å². The number of carbonyl (C=O) groups is 1. The number of hydrogen-bond acceptors (Lipinski definition) is 3. The fourth-order valence-electron chi connectivity index (χ4n) is 3.22. The second-order valence-corrected chi connectivity index (χ2v) is 6.20. The largest absolute Gasteiger partial charge is 0.396 e. The predicted octanol–water partition coefficient (Wildman–Crippen LogP) is 1.04. The Morgan fingerprint density at radius 2 is 1.94 bits per heavy atom. The average Bonchev–Trinajstić information content (AvgIpc) is 2.67. The van der Waals surface area contributed by atoms with Crippen molar-refractivity contribution in [1.82, 2.24) is 10.6 Å². The molecule has 104 valence electrons. The Morgan fingerprint density at radius 1 is 1.33 bits per heavy atom. The van der Waals surface area contributed by atoms with Crippen LogP contribution in [-0.4, -0.2) is 35.7 Å².